The fourth-order valence-corrected chi connectivity index (χ4v) is 1.80. The summed E-state index contributed by atoms with van der Waals surface area (Å²) in [5.41, 5.74) is 0.912. The largest absolute Gasteiger partial charge is 0.504 e. The number of H-pyrrole nitrogens is 1. The number of hydrogen-bond acceptors (Lipinski definition) is 5. The van der Waals surface area contributed by atoms with E-state index >= 15 is 0 Å². The second kappa shape index (κ2) is 6.21. The molecule has 4 N–H and O–H groups in total. The fourth-order valence-electron chi connectivity index (χ4n) is 1.80. The van der Waals surface area contributed by atoms with Crippen LogP contribution in [-0.4, -0.2) is 26.7 Å². The number of hydrogen-bond donors (Lipinski definition) is 4. The first kappa shape index (κ1) is 14.1. The highest BCUT2D eigenvalue weighted by Crippen LogP contribution is 2.28. The van der Waals surface area contributed by atoms with Crippen LogP contribution in [0.25, 0.3) is 11.4 Å². The van der Waals surface area contributed by atoms with E-state index in [-0.39, 0.29) is 17.1 Å². The van der Waals surface area contributed by atoms with Crippen molar-refractivity contribution in [1.29, 1.82) is 0 Å². The zero-order valence-corrected chi connectivity index (χ0v) is 11.2. The fraction of sp³-hybridized carbons (Fsp3) is 0.286. The lowest BCUT2D eigenvalue weighted by atomic mass is 10.2. The third kappa shape index (κ3) is 3.36. The van der Waals surface area contributed by atoms with Gasteiger partial charge in [0.25, 0.3) is 5.56 Å². The Hall–Kier alpha value is -2.34. The predicted octanol–water partition coefficient (Wildman–Crippen LogP) is 1.35. The Morgan fingerprint density at radius 1 is 1.25 bits per heavy atom. The Kier molecular flexibility index (Phi) is 4.37. The lowest BCUT2D eigenvalue weighted by molar-refractivity contribution is 0.404. The Labute approximate surface area is 116 Å². The lowest BCUT2D eigenvalue weighted by Crippen LogP contribution is -2.18. The molecule has 0 unspecified atom stereocenters. The molecule has 0 atom stereocenters. The number of phenols is 2. The summed E-state index contributed by atoms with van der Waals surface area (Å²) in [5.74, 6) is -0.0994. The summed E-state index contributed by atoms with van der Waals surface area (Å²) in [7, 11) is 0. The van der Waals surface area contributed by atoms with Gasteiger partial charge in [-0.15, -0.1) is 0 Å². The molecular weight excluding hydrogens is 258 g/mol. The van der Waals surface area contributed by atoms with Crippen molar-refractivity contribution in [1.82, 2.24) is 15.3 Å². The maximum absolute atomic E-state index is 11.6. The van der Waals surface area contributed by atoms with Gasteiger partial charge in [0, 0.05) is 18.2 Å². The van der Waals surface area contributed by atoms with E-state index in [1.807, 2.05) is 0 Å². The Morgan fingerprint density at radius 2 is 2.05 bits per heavy atom. The van der Waals surface area contributed by atoms with E-state index in [4.69, 9.17) is 0 Å². The highest BCUT2D eigenvalue weighted by molar-refractivity contribution is 5.60. The minimum absolute atomic E-state index is 0.211. The topological polar surface area (TPSA) is 98.2 Å². The number of benzene rings is 1. The normalized spacial score (nSPS) is 10.7. The van der Waals surface area contributed by atoms with Crippen molar-refractivity contribution in [3.8, 4) is 22.9 Å². The average molecular weight is 275 g/mol. The van der Waals surface area contributed by atoms with Gasteiger partial charge in [0.1, 0.15) is 5.82 Å². The van der Waals surface area contributed by atoms with Crippen LogP contribution in [0.3, 0.4) is 0 Å². The number of aromatic amines is 1. The first-order chi connectivity index (χ1) is 9.60. The average Bonchev–Trinajstić information content (AvgIpc) is 2.41. The van der Waals surface area contributed by atoms with Crippen molar-refractivity contribution in [2.24, 2.45) is 0 Å². The standard InChI is InChI=1S/C14H17N3O3/c1-2-5-15-8-10-7-13(20)17-14(16-10)9-3-4-11(18)12(19)6-9/h3-4,6-7,15,18-19H,2,5,8H2,1H3,(H,16,17,20). The Bertz CT molecular complexity index is 652. The zero-order valence-electron chi connectivity index (χ0n) is 11.2. The minimum atomic E-state index is -0.254. The van der Waals surface area contributed by atoms with Crippen molar-refractivity contribution in [3.63, 3.8) is 0 Å². The molecule has 0 aliphatic heterocycles. The van der Waals surface area contributed by atoms with Crippen molar-refractivity contribution in [3.05, 3.63) is 40.3 Å². The van der Waals surface area contributed by atoms with Crippen LogP contribution in [0.4, 0.5) is 0 Å². The smallest absolute Gasteiger partial charge is 0.251 e. The summed E-state index contributed by atoms with van der Waals surface area (Å²) in [4.78, 5) is 18.6. The van der Waals surface area contributed by atoms with Gasteiger partial charge in [-0.05, 0) is 31.2 Å². The molecular formula is C14H17N3O3. The molecule has 0 saturated heterocycles. The van der Waals surface area contributed by atoms with Gasteiger partial charge in [0.05, 0.1) is 5.69 Å². The highest BCUT2D eigenvalue weighted by Gasteiger charge is 2.07. The van der Waals surface area contributed by atoms with Crippen LogP contribution in [0.5, 0.6) is 11.5 Å². The van der Waals surface area contributed by atoms with E-state index < -0.39 is 0 Å². The number of nitrogens with one attached hydrogen (secondary N) is 2. The van der Waals surface area contributed by atoms with Crippen LogP contribution in [0.2, 0.25) is 0 Å². The molecule has 6 nitrogen and oxygen atoms in total. The van der Waals surface area contributed by atoms with E-state index in [1.165, 1.54) is 18.2 Å². The first-order valence-corrected chi connectivity index (χ1v) is 6.43. The summed E-state index contributed by atoms with van der Waals surface area (Å²) in [5, 5.41) is 22.0. The maximum atomic E-state index is 11.6. The highest BCUT2D eigenvalue weighted by atomic mass is 16.3. The number of phenolic OH excluding ortho intramolecular Hbond substituents is 2. The van der Waals surface area contributed by atoms with Gasteiger partial charge in [-0.25, -0.2) is 4.98 Å². The molecule has 106 valence electrons. The van der Waals surface area contributed by atoms with Crippen LogP contribution in [0.15, 0.2) is 29.1 Å². The SMILES string of the molecule is CCCNCc1cc(=O)[nH]c(-c2ccc(O)c(O)c2)n1. The zero-order chi connectivity index (χ0) is 14.5. The van der Waals surface area contributed by atoms with E-state index in [1.54, 1.807) is 6.07 Å². The monoisotopic (exact) mass is 275 g/mol. The Balaban J connectivity index is 2.31. The second-order valence-corrected chi connectivity index (χ2v) is 4.47. The van der Waals surface area contributed by atoms with Crippen molar-refractivity contribution < 1.29 is 10.2 Å². The van der Waals surface area contributed by atoms with Crippen LogP contribution in [0, 0.1) is 0 Å². The third-order valence-corrected chi connectivity index (χ3v) is 2.78. The molecule has 1 aromatic heterocycles. The lowest BCUT2D eigenvalue weighted by Gasteiger charge is -2.06. The van der Waals surface area contributed by atoms with E-state index in [2.05, 4.69) is 22.2 Å². The van der Waals surface area contributed by atoms with Gasteiger partial charge in [0.2, 0.25) is 0 Å². The summed E-state index contributed by atoms with van der Waals surface area (Å²) >= 11 is 0. The maximum Gasteiger partial charge on any atom is 0.251 e. The van der Waals surface area contributed by atoms with Gasteiger partial charge < -0.3 is 20.5 Å². The molecule has 2 aromatic rings. The number of aromatic hydroxyl groups is 2. The molecule has 0 spiro atoms. The molecule has 1 aromatic carbocycles. The molecule has 0 aliphatic rings. The van der Waals surface area contributed by atoms with Gasteiger partial charge in [0.15, 0.2) is 11.5 Å². The summed E-state index contributed by atoms with van der Waals surface area (Å²) in [6.07, 6.45) is 1.00. The van der Waals surface area contributed by atoms with Crippen LogP contribution < -0.4 is 10.9 Å². The Morgan fingerprint density at radius 3 is 2.75 bits per heavy atom. The predicted molar refractivity (Wildman–Crippen MR) is 75.6 cm³/mol. The van der Waals surface area contributed by atoms with Gasteiger partial charge >= 0.3 is 0 Å². The van der Waals surface area contributed by atoms with Gasteiger partial charge in [-0.3, -0.25) is 4.79 Å². The quantitative estimate of drug-likeness (QED) is 0.487. The second-order valence-electron chi connectivity index (χ2n) is 4.47. The number of rotatable bonds is 5. The third-order valence-electron chi connectivity index (χ3n) is 2.78. The van der Waals surface area contributed by atoms with E-state index in [0.29, 0.717) is 23.6 Å². The van der Waals surface area contributed by atoms with Crippen LogP contribution in [0.1, 0.15) is 19.0 Å². The van der Waals surface area contributed by atoms with Crippen LogP contribution in [-0.2, 0) is 6.54 Å². The molecule has 0 aliphatic carbocycles. The van der Waals surface area contributed by atoms with Crippen molar-refractivity contribution in [2.75, 3.05) is 6.54 Å². The van der Waals surface area contributed by atoms with Crippen LogP contribution >= 0.6 is 0 Å². The molecule has 6 heteroatoms. The minimum Gasteiger partial charge on any atom is -0.504 e. The van der Waals surface area contributed by atoms with E-state index in [0.717, 1.165) is 13.0 Å². The summed E-state index contributed by atoms with van der Waals surface area (Å²) in [6.45, 7) is 3.42. The molecule has 20 heavy (non-hydrogen) atoms. The molecule has 1 heterocycles. The van der Waals surface area contributed by atoms with Crippen molar-refractivity contribution >= 4 is 0 Å². The molecule has 2 rings (SSSR count). The summed E-state index contributed by atoms with van der Waals surface area (Å²) < 4.78 is 0. The molecule has 0 bridgehead atoms. The van der Waals surface area contributed by atoms with E-state index in [9.17, 15) is 15.0 Å². The van der Waals surface area contributed by atoms with Gasteiger partial charge in [-0.1, -0.05) is 6.92 Å². The molecule has 0 fully saturated rings. The first-order valence-electron chi connectivity index (χ1n) is 6.43. The number of nitrogens with zero attached hydrogens (tertiary/aromatic N) is 1. The molecule has 0 saturated carbocycles. The summed E-state index contributed by atoms with van der Waals surface area (Å²) in [6, 6.07) is 5.73. The molecule has 0 radical (unpaired) electrons. The molecule has 0 amide bonds. The van der Waals surface area contributed by atoms with Gasteiger partial charge in [-0.2, -0.15) is 0 Å². The van der Waals surface area contributed by atoms with Crippen molar-refractivity contribution in [2.45, 2.75) is 19.9 Å². The number of aromatic nitrogens is 2.